The standard InChI is InChI=1S/C23H23N7O2S/c1-16(2)21-26-27-22-18-8-4-5-9-19(18)25-23(30(21)22)28-11-13-29(14-12-28)33(31,32)20-10-6-3-7-17(20)15-24/h3-10,16H,11-14H2,1-2H3. The number of fused-ring (bicyclic) bond motifs is 3. The molecule has 0 bridgehead atoms. The lowest BCUT2D eigenvalue weighted by molar-refractivity contribution is 0.382. The molecule has 168 valence electrons. The number of sulfonamides is 1. The Morgan fingerprint density at radius 1 is 0.970 bits per heavy atom. The molecule has 0 unspecified atom stereocenters. The summed E-state index contributed by atoms with van der Waals surface area (Å²) in [5.41, 5.74) is 1.72. The highest BCUT2D eigenvalue weighted by Crippen LogP contribution is 2.28. The molecule has 0 saturated carbocycles. The monoisotopic (exact) mass is 461 g/mol. The number of hydrogen-bond acceptors (Lipinski definition) is 7. The molecule has 0 aliphatic carbocycles. The first-order valence-electron chi connectivity index (χ1n) is 10.8. The van der Waals surface area contributed by atoms with Gasteiger partial charge in [0.1, 0.15) is 11.9 Å². The van der Waals surface area contributed by atoms with Crippen molar-refractivity contribution in [1.82, 2.24) is 23.9 Å². The molecular formula is C23H23N7O2S. The van der Waals surface area contributed by atoms with Crippen LogP contribution in [0.3, 0.4) is 0 Å². The maximum atomic E-state index is 13.2. The number of piperazine rings is 1. The Balaban J connectivity index is 1.51. The van der Waals surface area contributed by atoms with E-state index in [0.717, 1.165) is 22.4 Å². The molecule has 2 aromatic heterocycles. The van der Waals surface area contributed by atoms with Crippen LogP contribution in [0.15, 0.2) is 53.4 Å². The van der Waals surface area contributed by atoms with Gasteiger partial charge >= 0.3 is 0 Å². The van der Waals surface area contributed by atoms with E-state index in [2.05, 4.69) is 28.9 Å². The van der Waals surface area contributed by atoms with E-state index in [4.69, 9.17) is 4.98 Å². The molecule has 33 heavy (non-hydrogen) atoms. The summed E-state index contributed by atoms with van der Waals surface area (Å²) in [6.07, 6.45) is 0. The van der Waals surface area contributed by atoms with Crippen molar-refractivity contribution in [2.75, 3.05) is 31.1 Å². The average molecular weight is 462 g/mol. The van der Waals surface area contributed by atoms with Gasteiger partial charge in [0.05, 0.1) is 16.0 Å². The van der Waals surface area contributed by atoms with Crippen LogP contribution in [0, 0.1) is 11.3 Å². The number of nitrogens with zero attached hydrogens (tertiary/aromatic N) is 7. The van der Waals surface area contributed by atoms with E-state index in [9.17, 15) is 13.7 Å². The second kappa shape index (κ2) is 8.10. The van der Waals surface area contributed by atoms with Crippen molar-refractivity contribution >= 4 is 32.5 Å². The molecule has 10 heteroatoms. The van der Waals surface area contributed by atoms with E-state index < -0.39 is 10.0 Å². The van der Waals surface area contributed by atoms with Gasteiger partial charge in [-0.2, -0.15) is 9.57 Å². The lowest BCUT2D eigenvalue weighted by Gasteiger charge is -2.35. The fraction of sp³-hybridized carbons (Fsp3) is 0.304. The molecule has 4 aromatic rings. The van der Waals surface area contributed by atoms with Crippen LogP contribution in [-0.4, -0.2) is 58.5 Å². The van der Waals surface area contributed by atoms with E-state index in [-0.39, 0.29) is 29.5 Å². The summed E-state index contributed by atoms with van der Waals surface area (Å²) in [6.45, 7) is 5.63. The zero-order valence-electron chi connectivity index (χ0n) is 18.4. The number of aromatic nitrogens is 4. The maximum absolute atomic E-state index is 13.2. The summed E-state index contributed by atoms with van der Waals surface area (Å²) in [7, 11) is -3.77. The first-order chi connectivity index (χ1) is 15.9. The first-order valence-corrected chi connectivity index (χ1v) is 12.2. The lowest BCUT2D eigenvalue weighted by atomic mass is 10.2. The molecule has 0 N–H and O–H groups in total. The van der Waals surface area contributed by atoms with Gasteiger partial charge in [-0.15, -0.1) is 10.2 Å². The molecule has 0 atom stereocenters. The third kappa shape index (κ3) is 3.50. The second-order valence-electron chi connectivity index (χ2n) is 8.30. The molecule has 1 fully saturated rings. The van der Waals surface area contributed by atoms with Crippen LogP contribution in [0.1, 0.15) is 31.2 Å². The molecule has 1 aliphatic heterocycles. The minimum absolute atomic E-state index is 0.0491. The largest absolute Gasteiger partial charge is 0.339 e. The summed E-state index contributed by atoms with van der Waals surface area (Å²) in [6, 6.07) is 16.1. The summed E-state index contributed by atoms with van der Waals surface area (Å²) in [5.74, 6) is 1.67. The van der Waals surface area contributed by atoms with Crippen molar-refractivity contribution in [2.45, 2.75) is 24.7 Å². The first kappa shape index (κ1) is 21.3. The van der Waals surface area contributed by atoms with Crippen molar-refractivity contribution in [1.29, 1.82) is 5.26 Å². The third-order valence-corrected chi connectivity index (χ3v) is 7.87. The van der Waals surface area contributed by atoms with Gasteiger partial charge in [0.25, 0.3) is 0 Å². The van der Waals surface area contributed by atoms with E-state index in [1.54, 1.807) is 12.1 Å². The predicted octanol–water partition coefficient (Wildman–Crippen LogP) is 2.78. The fourth-order valence-corrected chi connectivity index (χ4v) is 5.79. The normalized spacial score (nSPS) is 15.4. The van der Waals surface area contributed by atoms with Crippen LogP contribution in [0.4, 0.5) is 5.95 Å². The van der Waals surface area contributed by atoms with E-state index in [0.29, 0.717) is 19.0 Å². The average Bonchev–Trinajstić information content (AvgIpc) is 3.29. The van der Waals surface area contributed by atoms with Crippen molar-refractivity contribution in [3.8, 4) is 6.07 Å². The minimum atomic E-state index is -3.77. The lowest BCUT2D eigenvalue weighted by Crippen LogP contribution is -2.49. The van der Waals surface area contributed by atoms with E-state index in [1.807, 2.05) is 34.7 Å². The Bertz CT molecular complexity index is 1500. The van der Waals surface area contributed by atoms with Crippen molar-refractivity contribution < 1.29 is 8.42 Å². The predicted molar refractivity (Wildman–Crippen MR) is 125 cm³/mol. The molecule has 9 nitrogen and oxygen atoms in total. The Hall–Kier alpha value is -3.55. The third-order valence-electron chi connectivity index (χ3n) is 5.92. The topological polar surface area (TPSA) is 107 Å². The highest BCUT2D eigenvalue weighted by molar-refractivity contribution is 7.89. The van der Waals surface area contributed by atoms with Gasteiger partial charge < -0.3 is 4.90 Å². The van der Waals surface area contributed by atoms with Gasteiger partial charge in [-0.05, 0) is 24.3 Å². The Morgan fingerprint density at radius 3 is 2.39 bits per heavy atom. The zero-order valence-corrected chi connectivity index (χ0v) is 19.2. The van der Waals surface area contributed by atoms with Crippen LogP contribution in [-0.2, 0) is 10.0 Å². The molecule has 0 amide bonds. The highest BCUT2D eigenvalue weighted by Gasteiger charge is 2.32. The molecule has 1 saturated heterocycles. The molecule has 0 spiro atoms. The molecule has 3 heterocycles. The van der Waals surface area contributed by atoms with Gasteiger partial charge in [0.15, 0.2) is 5.65 Å². The van der Waals surface area contributed by atoms with Crippen LogP contribution >= 0.6 is 0 Å². The molecule has 5 rings (SSSR count). The van der Waals surface area contributed by atoms with Crippen molar-refractivity contribution in [3.63, 3.8) is 0 Å². The number of rotatable bonds is 4. The zero-order chi connectivity index (χ0) is 23.2. The van der Waals surface area contributed by atoms with Gasteiger partial charge in [0, 0.05) is 37.5 Å². The van der Waals surface area contributed by atoms with Gasteiger partial charge in [-0.1, -0.05) is 38.1 Å². The van der Waals surface area contributed by atoms with E-state index in [1.165, 1.54) is 16.4 Å². The summed E-state index contributed by atoms with van der Waals surface area (Å²) in [5, 5.41) is 19.1. The number of anilines is 1. The van der Waals surface area contributed by atoms with Crippen LogP contribution in [0.2, 0.25) is 0 Å². The van der Waals surface area contributed by atoms with Gasteiger partial charge in [0.2, 0.25) is 16.0 Å². The maximum Gasteiger partial charge on any atom is 0.244 e. The summed E-state index contributed by atoms with van der Waals surface area (Å²) in [4.78, 5) is 7.04. The summed E-state index contributed by atoms with van der Waals surface area (Å²) < 4.78 is 29.9. The van der Waals surface area contributed by atoms with Crippen LogP contribution in [0.5, 0.6) is 0 Å². The van der Waals surface area contributed by atoms with Crippen LogP contribution < -0.4 is 4.90 Å². The smallest absolute Gasteiger partial charge is 0.244 e. The number of para-hydroxylation sites is 1. The fourth-order valence-electron chi connectivity index (χ4n) is 4.22. The van der Waals surface area contributed by atoms with Crippen molar-refractivity contribution in [2.24, 2.45) is 0 Å². The minimum Gasteiger partial charge on any atom is -0.339 e. The highest BCUT2D eigenvalue weighted by atomic mass is 32.2. The molecule has 0 radical (unpaired) electrons. The SMILES string of the molecule is CC(C)c1nnc2c3ccccc3nc(N3CCN(S(=O)(=O)c4ccccc4C#N)CC3)n12. The Morgan fingerprint density at radius 2 is 1.67 bits per heavy atom. The number of hydrogen-bond donors (Lipinski definition) is 0. The molecule has 1 aliphatic rings. The number of nitriles is 1. The summed E-state index contributed by atoms with van der Waals surface area (Å²) >= 11 is 0. The quantitative estimate of drug-likeness (QED) is 0.460. The van der Waals surface area contributed by atoms with Crippen molar-refractivity contribution in [3.05, 3.63) is 59.9 Å². The second-order valence-corrected chi connectivity index (χ2v) is 10.2. The van der Waals surface area contributed by atoms with Gasteiger partial charge in [-0.3, -0.25) is 0 Å². The van der Waals surface area contributed by atoms with Gasteiger partial charge in [-0.25, -0.2) is 17.8 Å². The molecular weight excluding hydrogens is 438 g/mol. The Labute approximate surface area is 192 Å². The van der Waals surface area contributed by atoms with Crippen LogP contribution in [0.25, 0.3) is 16.6 Å². The Kier molecular flexibility index (Phi) is 5.23. The van der Waals surface area contributed by atoms with E-state index >= 15 is 0 Å². The number of benzene rings is 2. The molecule has 2 aromatic carbocycles.